The third-order valence-electron chi connectivity index (χ3n) is 2.19. The van der Waals surface area contributed by atoms with Crippen molar-refractivity contribution in [2.75, 3.05) is 0 Å². The zero-order valence-corrected chi connectivity index (χ0v) is 9.06. The van der Waals surface area contributed by atoms with Gasteiger partial charge in [-0.05, 0) is 24.1 Å². The average molecular weight is 205 g/mol. The summed E-state index contributed by atoms with van der Waals surface area (Å²) >= 11 is 0. The van der Waals surface area contributed by atoms with Gasteiger partial charge in [0.25, 0.3) is 0 Å². The van der Waals surface area contributed by atoms with E-state index in [4.69, 9.17) is 0 Å². The molecule has 0 radical (unpaired) electrons. The van der Waals surface area contributed by atoms with E-state index in [1.54, 1.807) is 26.2 Å². The third-order valence-corrected chi connectivity index (χ3v) is 2.19. The van der Waals surface area contributed by atoms with Crippen LogP contribution in [0, 0.1) is 5.92 Å². The van der Waals surface area contributed by atoms with Crippen LogP contribution in [0.2, 0.25) is 0 Å². The molecule has 0 spiro atoms. The Hall–Kier alpha value is -1.51. The summed E-state index contributed by atoms with van der Waals surface area (Å²) in [5.74, 6) is -0.749. The lowest BCUT2D eigenvalue weighted by molar-refractivity contribution is -0.138. The van der Waals surface area contributed by atoms with E-state index >= 15 is 0 Å². The summed E-state index contributed by atoms with van der Waals surface area (Å²) in [6.07, 6.45) is 4.27. The Morgan fingerprint density at radius 2 is 1.87 bits per heavy atom. The number of rotatable bonds is 5. The molecule has 15 heavy (non-hydrogen) atoms. The van der Waals surface area contributed by atoms with Gasteiger partial charge in [0.2, 0.25) is 5.78 Å². The number of ketones is 2. The number of Topliss-reactive ketones (excluding diaryl/α,β-unsaturated/α-hetero) is 2. The predicted octanol–water partition coefficient (Wildman–Crippen LogP) is 1.81. The van der Waals surface area contributed by atoms with Gasteiger partial charge in [-0.25, -0.2) is 0 Å². The van der Waals surface area contributed by atoms with Gasteiger partial charge in [-0.3, -0.25) is 14.6 Å². The number of carbonyl (C=O) groups excluding carboxylic acids is 2. The highest BCUT2D eigenvalue weighted by atomic mass is 16.2. The molecule has 0 aliphatic carbocycles. The molecule has 0 saturated carbocycles. The monoisotopic (exact) mass is 205 g/mol. The Balaban J connectivity index is 2.45. The molecule has 80 valence electrons. The van der Waals surface area contributed by atoms with Crippen LogP contribution in [0.25, 0.3) is 0 Å². The quantitative estimate of drug-likeness (QED) is 0.689. The fraction of sp³-hybridized carbons (Fsp3) is 0.417. The minimum Gasteiger partial charge on any atom is -0.291 e. The number of carbonyl (C=O) groups is 2. The van der Waals surface area contributed by atoms with Gasteiger partial charge in [0.1, 0.15) is 0 Å². The number of pyridine rings is 1. The smallest absolute Gasteiger partial charge is 0.200 e. The number of nitrogens with zero attached hydrogens (tertiary/aromatic N) is 1. The van der Waals surface area contributed by atoms with Crippen LogP contribution in [0.15, 0.2) is 24.5 Å². The second kappa shape index (κ2) is 5.39. The van der Waals surface area contributed by atoms with Crippen molar-refractivity contribution in [2.24, 2.45) is 5.92 Å². The Kier molecular flexibility index (Phi) is 4.16. The second-order valence-corrected chi connectivity index (χ2v) is 3.80. The Morgan fingerprint density at radius 1 is 1.27 bits per heavy atom. The highest BCUT2D eigenvalue weighted by molar-refractivity contribution is 6.37. The molecule has 3 heteroatoms. The van der Waals surface area contributed by atoms with Gasteiger partial charge in [-0.1, -0.05) is 13.8 Å². The fourth-order valence-electron chi connectivity index (χ4n) is 1.25. The lowest BCUT2D eigenvalue weighted by Crippen LogP contribution is -2.19. The van der Waals surface area contributed by atoms with Crippen molar-refractivity contribution in [1.82, 2.24) is 4.98 Å². The maximum Gasteiger partial charge on any atom is 0.200 e. The van der Waals surface area contributed by atoms with Crippen LogP contribution in [0.4, 0.5) is 0 Å². The number of hydrogen-bond donors (Lipinski definition) is 0. The van der Waals surface area contributed by atoms with E-state index in [0.717, 1.165) is 5.56 Å². The third kappa shape index (κ3) is 3.62. The van der Waals surface area contributed by atoms with Gasteiger partial charge in [0.15, 0.2) is 5.78 Å². The fourth-order valence-corrected chi connectivity index (χ4v) is 1.25. The minimum atomic E-state index is -0.276. The van der Waals surface area contributed by atoms with Gasteiger partial charge < -0.3 is 0 Å². The largest absolute Gasteiger partial charge is 0.291 e. The van der Waals surface area contributed by atoms with Crippen molar-refractivity contribution >= 4 is 11.6 Å². The Labute approximate surface area is 89.5 Å². The van der Waals surface area contributed by atoms with Gasteiger partial charge in [-0.15, -0.1) is 0 Å². The van der Waals surface area contributed by atoms with Crippen LogP contribution in [-0.2, 0) is 16.0 Å². The summed E-state index contributed by atoms with van der Waals surface area (Å²) in [4.78, 5) is 26.6. The van der Waals surface area contributed by atoms with E-state index in [9.17, 15) is 9.59 Å². The molecule has 0 saturated heterocycles. The van der Waals surface area contributed by atoms with Crippen molar-refractivity contribution < 1.29 is 9.59 Å². The maximum absolute atomic E-state index is 11.4. The minimum absolute atomic E-state index is 0.199. The average Bonchev–Trinajstić information content (AvgIpc) is 2.26. The van der Waals surface area contributed by atoms with E-state index in [1.807, 2.05) is 12.1 Å². The highest BCUT2D eigenvalue weighted by Gasteiger charge is 2.16. The molecule has 0 fully saturated rings. The normalized spacial score (nSPS) is 10.3. The maximum atomic E-state index is 11.4. The van der Waals surface area contributed by atoms with E-state index in [2.05, 4.69) is 4.98 Å². The van der Waals surface area contributed by atoms with Gasteiger partial charge in [0.05, 0.1) is 0 Å². The first kappa shape index (κ1) is 11.6. The van der Waals surface area contributed by atoms with E-state index in [1.165, 1.54) is 0 Å². The number of aromatic nitrogens is 1. The van der Waals surface area contributed by atoms with E-state index in [0.29, 0.717) is 12.8 Å². The standard InChI is InChI=1S/C12H15NO2/c1-9(2)12(15)11(14)4-3-10-5-7-13-8-6-10/h5-9H,3-4H2,1-2H3. The molecule has 1 aromatic rings. The number of aryl methyl sites for hydroxylation is 1. The van der Waals surface area contributed by atoms with Gasteiger partial charge in [-0.2, -0.15) is 0 Å². The Bertz CT molecular complexity index is 344. The molecule has 3 nitrogen and oxygen atoms in total. The van der Waals surface area contributed by atoms with Crippen molar-refractivity contribution in [3.63, 3.8) is 0 Å². The summed E-state index contributed by atoms with van der Waals surface area (Å²) < 4.78 is 0. The highest BCUT2D eigenvalue weighted by Crippen LogP contribution is 2.04. The second-order valence-electron chi connectivity index (χ2n) is 3.80. The van der Waals surface area contributed by atoms with Gasteiger partial charge >= 0.3 is 0 Å². The topological polar surface area (TPSA) is 47.0 Å². The predicted molar refractivity (Wildman–Crippen MR) is 57.4 cm³/mol. The van der Waals surface area contributed by atoms with Crippen LogP contribution in [-0.4, -0.2) is 16.6 Å². The van der Waals surface area contributed by atoms with Crippen molar-refractivity contribution in [1.29, 1.82) is 0 Å². The van der Waals surface area contributed by atoms with Crippen LogP contribution in [0.1, 0.15) is 25.8 Å². The molecule has 0 amide bonds. The molecule has 0 aliphatic rings. The molecule has 0 aromatic carbocycles. The van der Waals surface area contributed by atoms with Crippen molar-refractivity contribution in [3.8, 4) is 0 Å². The first-order valence-corrected chi connectivity index (χ1v) is 5.07. The van der Waals surface area contributed by atoms with Crippen LogP contribution < -0.4 is 0 Å². The van der Waals surface area contributed by atoms with Crippen LogP contribution in [0.5, 0.6) is 0 Å². The molecular weight excluding hydrogens is 190 g/mol. The summed E-state index contributed by atoms with van der Waals surface area (Å²) in [6.45, 7) is 3.49. The molecule has 1 rings (SSSR count). The molecule has 0 bridgehead atoms. The van der Waals surface area contributed by atoms with Crippen molar-refractivity contribution in [3.05, 3.63) is 30.1 Å². The summed E-state index contributed by atoms with van der Waals surface area (Å²) in [6, 6.07) is 3.71. The summed E-state index contributed by atoms with van der Waals surface area (Å²) in [5, 5.41) is 0. The zero-order chi connectivity index (χ0) is 11.3. The summed E-state index contributed by atoms with van der Waals surface area (Å²) in [5.41, 5.74) is 1.04. The molecule has 1 heterocycles. The lowest BCUT2D eigenvalue weighted by Gasteiger charge is -2.02. The van der Waals surface area contributed by atoms with E-state index < -0.39 is 0 Å². The molecule has 0 N–H and O–H groups in total. The van der Waals surface area contributed by atoms with Crippen LogP contribution >= 0.6 is 0 Å². The van der Waals surface area contributed by atoms with Gasteiger partial charge in [0, 0.05) is 24.7 Å². The SMILES string of the molecule is CC(C)C(=O)C(=O)CCc1ccncc1. The van der Waals surface area contributed by atoms with Crippen LogP contribution in [0.3, 0.4) is 0 Å². The Morgan fingerprint density at radius 3 is 2.40 bits per heavy atom. The molecular formula is C12H15NO2. The summed E-state index contributed by atoms with van der Waals surface area (Å²) in [7, 11) is 0. The van der Waals surface area contributed by atoms with E-state index in [-0.39, 0.29) is 17.5 Å². The first-order valence-electron chi connectivity index (χ1n) is 5.07. The first-order chi connectivity index (χ1) is 7.11. The molecule has 1 aromatic heterocycles. The molecule has 0 atom stereocenters. The lowest BCUT2D eigenvalue weighted by atomic mass is 10.0. The zero-order valence-electron chi connectivity index (χ0n) is 9.06. The molecule has 0 aliphatic heterocycles. The molecule has 0 unspecified atom stereocenters. The van der Waals surface area contributed by atoms with Crippen molar-refractivity contribution in [2.45, 2.75) is 26.7 Å². The number of hydrogen-bond acceptors (Lipinski definition) is 3.